The van der Waals surface area contributed by atoms with Gasteiger partial charge in [-0.25, -0.2) is 0 Å². The van der Waals surface area contributed by atoms with Crippen molar-refractivity contribution in [3.8, 4) is 0 Å². The summed E-state index contributed by atoms with van der Waals surface area (Å²) in [6, 6.07) is -0.167. The molecule has 0 radical (unpaired) electrons. The van der Waals surface area contributed by atoms with E-state index in [9.17, 15) is 0 Å². The Balaban J connectivity index is 2.54. The van der Waals surface area contributed by atoms with Gasteiger partial charge in [0.1, 0.15) is 0 Å². The van der Waals surface area contributed by atoms with Crippen molar-refractivity contribution in [3.05, 3.63) is 11.7 Å². The predicted octanol–water partition coefficient (Wildman–Crippen LogP) is 1.27. The number of hydrogen-bond donors (Lipinski definition) is 1. The predicted molar refractivity (Wildman–Crippen MR) is 66.2 cm³/mol. The van der Waals surface area contributed by atoms with Crippen molar-refractivity contribution >= 4 is 11.8 Å². The third-order valence-electron chi connectivity index (χ3n) is 2.43. The fraction of sp³-hybridized carbons (Fsp3) is 0.800. The van der Waals surface area contributed by atoms with E-state index in [4.69, 9.17) is 10.3 Å². The highest BCUT2D eigenvalue weighted by Gasteiger charge is 2.16. The van der Waals surface area contributed by atoms with E-state index in [1.54, 1.807) is 11.8 Å². The van der Waals surface area contributed by atoms with Crippen LogP contribution in [0.25, 0.3) is 0 Å². The van der Waals surface area contributed by atoms with Crippen LogP contribution in [0, 0.1) is 0 Å². The van der Waals surface area contributed by atoms with Gasteiger partial charge in [0, 0.05) is 6.54 Å². The van der Waals surface area contributed by atoms with E-state index in [1.165, 1.54) is 0 Å². The van der Waals surface area contributed by atoms with Crippen LogP contribution in [0.4, 0.5) is 0 Å². The molecule has 0 aromatic carbocycles. The molecular weight excluding hydrogens is 224 g/mol. The Bertz CT molecular complexity index is 301. The maximum absolute atomic E-state index is 6.02. The van der Waals surface area contributed by atoms with Gasteiger partial charge in [0.15, 0.2) is 5.82 Å². The second-order valence-corrected chi connectivity index (χ2v) is 4.44. The van der Waals surface area contributed by atoms with Crippen LogP contribution in [0.15, 0.2) is 4.52 Å². The fourth-order valence-corrected chi connectivity index (χ4v) is 1.81. The minimum absolute atomic E-state index is 0.167. The standard InChI is InChI=1S/C10H20N4OS/c1-4-14(5-2)6-8(11)10-12-9(7-16-3)15-13-10/h8H,4-7,11H2,1-3H3. The Morgan fingerprint density at radius 1 is 1.44 bits per heavy atom. The van der Waals surface area contributed by atoms with E-state index < -0.39 is 0 Å². The summed E-state index contributed by atoms with van der Waals surface area (Å²) in [5.74, 6) is 2.00. The zero-order chi connectivity index (χ0) is 12.0. The van der Waals surface area contributed by atoms with Gasteiger partial charge in [0.05, 0.1) is 11.8 Å². The monoisotopic (exact) mass is 244 g/mol. The Morgan fingerprint density at radius 2 is 2.12 bits per heavy atom. The third-order valence-corrected chi connectivity index (χ3v) is 2.97. The van der Waals surface area contributed by atoms with E-state index in [-0.39, 0.29) is 6.04 Å². The Kier molecular flexibility index (Phi) is 5.79. The molecule has 0 fully saturated rings. The zero-order valence-electron chi connectivity index (χ0n) is 10.1. The van der Waals surface area contributed by atoms with Crippen molar-refractivity contribution in [3.63, 3.8) is 0 Å². The highest BCUT2D eigenvalue weighted by molar-refractivity contribution is 7.97. The van der Waals surface area contributed by atoms with Gasteiger partial charge >= 0.3 is 0 Å². The highest BCUT2D eigenvalue weighted by atomic mass is 32.2. The molecule has 92 valence electrons. The summed E-state index contributed by atoms with van der Waals surface area (Å²) >= 11 is 1.66. The summed E-state index contributed by atoms with van der Waals surface area (Å²) in [5, 5.41) is 3.91. The van der Waals surface area contributed by atoms with E-state index >= 15 is 0 Å². The van der Waals surface area contributed by atoms with Gasteiger partial charge in [0.25, 0.3) is 0 Å². The Morgan fingerprint density at radius 3 is 2.69 bits per heavy atom. The molecular formula is C10H20N4OS. The lowest BCUT2D eigenvalue weighted by atomic mass is 10.2. The normalized spacial score (nSPS) is 13.3. The first-order valence-electron chi connectivity index (χ1n) is 5.50. The number of thioether (sulfide) groups is 1. The molecule has 1 aromatic rings. The van der Waals surface area contributed by atoms with Gasteiger partial charge in [-0.3, -0.25) is 0 Å². The zero-order valence-corrected chi connectivity index (χ0v) is 11.0. The molecule has 1 atom stereocenters. The smallest absolute Gasteiger partial charge is 0.236 e. The van der Waals surface area contributed by atoms with Crippen LogP contribution in [-0.4, -0.2) is 40.9 Å². The van der Waals surface area contributed by atoms with Crippen LogP contribution < -0.4 is 5.73 Å². The number of rotatable bonds is 7. The average molecular weight is 244 g/mol. The topological polar surface area (TPSA) is 68.2 Å². The fourth-order valence-electron chi connectivity index (χ4n) is 1.44. The van der Waals surface area contributed by atoms with Gasteiger partial charge in [-0.1, -0.05) is 19.0 Å². The van der Waals surface area contributed by atoms with E-state index in [2.05, 4.69) is 28.9 Å². The second kappa shape index (κ2) is 6.88. The summed E-state index contributed by atoms with van der Waals surface area (Å²) in [6.07, 6.45) is 2.00. The molecule has 0 saturated carbocycles. The van der Waals surface area contributed by atoms with Crippen molar-refractivity contribution in [2.24, 2.45) is 5.73 Å². The van der Waals surface area contributed by atoms with Crippen molar-refractivity contribution in [2.75, 3.05) is 25.9 Å². The van der Waals surface area contributed by atoms with Gasteiger partial charge < -0.3 is 15.2 Å². The van der Waals surface area contributed by atoms with Crippen molar-refractivity contribution < 1.29 is 4.52 Å². The van der Waals surface area contributed by atoms with Gasteiger partial charge in [-0.05, 0) is 19.3 Å². The number of likely N-dealkylation sites (N-methyl/N-ethyl adjacent to an activating group) is 1. The Hall–Kier alpha value is -0.590. The maximum Gasteiger partial charge on any atom is 0.236 e. The van der Waals surface area contributed by atoms with Gasteiger partial charge in [-0.2, -0.15) is 16.7 Å². The molecule has 0 amide bonds. The number of hydrogen-bond acceptors (Lipinski definition) is 6. The molecule has 1 heterocycles. The molecule has 0 aliphatic heterocycles. The van der Waals surface area contributed by atoms with Crippen LogP contribution >= 0.6 is 11.8 Å². The second-order valence-electron chi connectivity index (χ2n) is 3.57. The lowest BCUT2D eigenvalue weighted by molar-refractivity contribution is 0.277. The molecule has 1 rings (SSSR count). The highest BCUT2D eigenvalue weighted by Crippen LogP contribution is 2.11. The largest absolute Gasteiger partial charge is 0.338 e. The van der Waals surface area contributed by atoms with Crippen molar-refractivity contribution in [1.29, 1.82) is 0 Å². The lowest BCUT2D eigenvalue weighted by Crippen LogP contribution is -2.32. The molecule has 2 N–H and O–H groups in total. The van der Waals surface area contributed by atoms with Crippen LogP contribution in [0.5, 0.6) is 0 Å². The molecule has 1 aromatic heterocycles. The van der Waals surface area contributed by atoms with Crippen LogP contribution in [-0.2, 0) is 5.75 Å². The SMILES string of the molecule is CCN(CC)CC(N)c1noc(CSC)n1. The first kappa shape index (κ1) is 13.5. The maximum atomic E-state index is 6.02. The third kappa shape index (κ3) is 3.77. The quantitative estimate of drug-likeness (QED) is 0.779. The molecule has 0 saturated heterocycles. The molecule has 0 aliphatic rings. The first-order chi connectivity index (χ1) is 7.71. The molecule has 0 aliphatic carbocycles. The van der Waals surface area contributed by atoms with E-state index in [0.717, 1.165) is 25.4 Å². The molecule has 0 bridgehead atoms. The van der Waals surface area contributed by atoms with Crippen molar-refractivity contribution in [2.45, 2.75) is 25.6 Å². The van der Waals surface area contributed by atoms with Crippen LogP contribution in [0.2, 0.25) is 0 Å². The van der Waals surface area contributed by atoms with Crippen LogP contribution in [0.1, 0.15) is 31.6 Å². The Labute approximate surface area is 101 Å². The van der Waals surface area contributed by atoms with E-state index in [1.807, 2.05) is 6.26 Å². The van der Waals surface area contributed by atoms with E-state index in [0.29, 0.717) is 11.7 Å². The average Bonchev–Trinajstić information content (AvgIpc) is 2.74. The van der Waals surface area contributed by atoms with Gasteiger partial charge in [0.2, 0.25) is 5.89 Å². The van der Waals surface area contributed by atoms with Gasteiger partial charge in [-0.15, -0.1) is 0 Å². The van der Waals surface area contributed by atoms with Crippen molar-refractivity contribution in [1.82, 2.24) is 15.0 Å². The summed E-state index contributed by atoms with van der Waals surface area (Å²) in [6.45, 7) is 6.97. The summed E-state index contributed by atoms with van der Waals surface area (Å²) in [5.41, 5.74) is 6.02. The molecule has 1 unspecified atom stereocenters. The minimum Gasteiger partial charge on any atom is -0.338 e. The number of nitrogens with two attached hydrogens (primary N) is 1. The summed E-state index contributed by atoms with van der Waals surface area (Å²) in [4.78, 5) is 6.52. The number of aromatic nitrogens is 2. The van der Waals surface area contributed by atoms with Crippen LogP contribution in [0.3, 0.4) is 0 Å². The molecule has 5 nitrogen and oxygen atoms in total. The molecule has 6 heteroatoms. The summed E-state index contributed by atoms with van der Waals surface area (Å²) < 4.78 is 5.09. The minimum atomic E-state index is -0.167. The summed E-state index contributed by atoms with van der Waals surface area (Å²) in [7, 11) is 0. The molecule has 16 heavy (non-hydrogen) atoms. The first-order valence-corrected chi connectivity index (χ1v) is 6.89. The lowest BCUT2D eigenvalue weighted by Gasteiger charge is -2.20. The molecule has 0 spiro atoms. The number of nitrogens with zero attached hydrogens (tertiary/aromatic N) is 3.